The van der Waals surface area contributed by atoms with Crippen molar-refractivity contribution in [3.63, 3.8) is 0 Å². The second-order valence-corrected chi connectivity index (χ2v) is 2.97. The van der Waals surface area contributed by atoms with Crippen molar-refractivity contribution in [3.8, 4) is 0 Å². The average molecular weight is 208 g/mol. The van der Waals surface area contributed by atoms with Gasteiger partial charge in [0.15, 0.2) is 6.29 Å². The van der Waals surface area contributed by atoms with E-state index in [0.29, 0.717) is 0 Å². The van der Waals surface area contributed by atoms with E-state index < -0.39 is 30.7 Å². The predicted molar refractivity (Wildman–Crippen MR) is 40.9 cm³/mol. The molecule has 7 nitrogen and oxygen atoms in total. The zero-order chi connectivity index (χ0) is 10.7. The number of rotatable bonds is 3. The summed E-state index contributed by atoms with van der Waals surface area (Å²) in [4.78, 5) is 9.85. The van der Waals surface area contributed by atoms with E-state index in [1.54, 1.807) is 0 Å². The van der Waals surface area contributed by atoms with Crippen molar-refractivity contribution in [3.05, 3.63) is 0 Å². The van der Waals surface area contributed by atoms with E-state index in [9.17, 15) is 15.0 Å². The molecular formula is C7H12O7. The zero-order valence-corrected chi connectivity index (χ0v) is 7.18. The third kappa shape index (κ3) is 2.20. The first-order chi connectivity index (χ1) is 6.57. The van der Waals surface area contributed by atoms with Crippen LogP contribution < -0.4 is 0 Å². The molecule has 0 aromatic heterocycles. The standard InChI is InChI=1S/C7H12O7/c8-2-13-1-3-4(9)5(10)6(11)7(12)14-3/h2-7,9-12H,1H2. The van der Waals surface area contributed by atoms with Crippen LogP contribution in [0.4, 0.5) is 0 Å². The Morgan fingerprint density at radius 3 is 2.36 bits per heavy atom. The van der Waals surface area contributed by atoms with Gasteiger partial charge in [0, 0.05) is 0 Å². The van der Waals surface area contributed by atoms with Crippen LogP contribution in [0.25, 0.3) is 0 Å². The van der Waals surface area contributed by atoms with Gasteiger partial charge in [0.2, 0.25) is 0 Å². The van der Waals surface area contributed by atoms with Crippen molar-refractivity contribution in [1.82, 2.24) is 0 Å². The van der Waals surface area contributed by atoms with Gasteiger partial charge in [-0.1, -0.05) is 0 Å². The van der Waals surface area contributed by atoms with Gasteiger partial charge in [-0.3, -0.25) is 4.79 Å². The summed E-state index contributed by atoms with van der Waals surface area (Å²) in [7, 11) is 0. The Morgan fingerprint density at radius 1 is 1.14 bits per heavy atom. The fraction of sp³-hybridized carbons (Fsp3) is 0.857. The van der Waals surface area contributed by atoms with E-state index in [4.69, 9.17) is 14.9 Å². The SMILES string of the molecule is O=COCC1OC(O)C(O)C(O)C1O. The quantitative estimate of drug-likeness (QED) is 0.364. The number of aliphatic hydroxyl groups excluding tert-OH is 4. The van der Waals surface area contributed by atoms with Gasteiger partial charge in [0.05, 0.1) is 0 Å². The fourth-order valence-electron chi connectivity index (χ4n) is 1.20. The first-order valence-electron chi connectivity index (χ1n) is 4.01. The van der Waals surface area contributed by atoms with E-state index in [0.717, 1.165) is 0 Å². The molecule has 0 aliphatic carbocycles. The minimum Gasteiger partial charge on any atom is -0.465 e. The lowest BCUT2D eigenvalue weighted by Gasteiger charge is -2.37. The van der Waals surface area contributed by atoms with Crippen molar-refractivity contribution in [2.45, 2.75) is 30.7 Å². The number of hydrogen-bond acceptors (Lipinski definition) is 7. The highest BCUT2D eigenvalue weighted by molar-refractivity contribution is 5.36. The van der Waals surface area contributed by atoms with Crippen LogP contribution in [0.1, 0.15) is 0 Å². The number of carbonyl (C=O) groups is 1. The molecule has 1 heterocycles. The van der Waals surface area contributed by atoms with Crippen LogP contribution in [-0.4, -0.2) is 64.2 Å². The topological polar surface area (TPSA) is 116 Å². The van der Waals surface area contributed by atoms with Gasteiger partial charge in [-0.2, -0.15) is 0 Å². The molecule has 0 spiro atoms. The second-order valence-electron chi connectivity index (χ2n) is 2.97. The molecule has 7 heteroatoms. The smallest absolute Gasteiger partial charge is 0.293 e. The molecule has 1 aliphatic heterocycles. The summed E-state index contributed by atoms with van der Waals surface area (Å²) in [6, 6.07) is 0. The molecule has 4 N–H and O–H groups in total. The van der Waals surface area contributed by atoms with Gasteiger partial charge in [-0.05, 0) is 0 Å². The third-order valence-electron chi connectivity index (χ3n) is 2.02. The first-order valence-corrected chi connectivity index (χ1v) is 4.01. The minimum atomic E-state index is -1.60. The third-order valence-corrected chi connectivity index (χ3v) is 2.02. The molecule has 1 saturated heterocycles. The highest BCUT2D eigenvalue weighted by atomic mass is 16.6. The van der Waals surface area contributed by atoms with Crippen molar-refractivity contribution in [1.29, 1.82) is 0 Å². The number of aliphatic hydroxyl groups is 4. The molecule has 0 aromatic carbocycles. The molecule has 0 saturated carbocycles. The lowest BCUT2D eigenvalue weighted by atomic mass is 9.99. The van der Waals surface area contributed by atoms with Gasteiger partial charge in [-0.25, -0.2) is 0 Å². The molecule has 0 aromatic rings. The predicted octanol–water partition coefficient (Wildman–Crippen LogP) is -3.04. The fourth-order valence-corrected chi connectivity index (χ4v) is 1.20. The molecule has 0 bridgehead atoms. The monoisotopic (exact) mass is 208 g/mol. The molecule has 0 radical (unpaired) electrons. The summed E-state index contributed by atoms with van der Waals surface area (Å²) in [5.41, 5.74) is 0. The van der Waals surface area contributed by atoms with Crippen LogP contribution >= 0.6 is 0 Å². The molecule has 1 aliphatic rings. The maximum Gasteiger partial charge on any atom is 0.293 e. The highest BCUT2D eigenvalue weighted by Crippen LogP contribution is 2.19. The van der Waals surface area contributed by atoms with Crippen LogP contribution in [0.2, 0.25) is 0 Å². The van der Waals surface area contributed by atoms with E-state index in [2.05, 4.69) is 4.74 Å². The molecule has 82 valence electrons. The molecule has 1 rings (SSSR count). The number of ether oxygens (including phenoxy) is 2. The van der Waals surface area contributed by atoms with Gasteiger partial charge in [0.25, 0.3) is 6.47 Å². The summed E-state index contributed by atoms with van der Waals surface area (Å²) in [5.74, 6) is 0. The van der Waals surface area contributed by atoms with Crippen LogP contribution in [0.3, 0.4) is 0 Å². The van der Waals surface area contributed by atoms with E-state index in [1.807, 2.05) is 0 Å². The van der Waals surface area contributed by atoms with Crippen molar-refractivity contribution in [2.75, 3.05) is 6.61 Å². The Morgan fingerprint density at radius 2 is 1.79 bits per heavy atom. The number of carbonyl (C=O) groups excluding carboxylic acids is 1. The Labute approximate surface area is 79.5 Å². The van der Waals surface area contributed by atoms with Gasteiger partial charge < -0.3 is 29.9 Å². The largest absolute Gasteiger partial charge is 0.465 e. The van der Waals surface area contributed by atoms with Crippen LogP contribution in [0, 0.1) is 0 Å². The molecule has 5 atom stereocenters. The molecule has 0 amide bonds. The van der Waals surface area contributed by atoms with Gasteiger partial charge in [-0.15, -0.1) is 0 Å². The zero-order valence-electron chi connectivity index (χ0n) is 7.18. The van der Waals surface area contributed by atoms with Gasteiger partial charge >= 0.3 is 0 Å². The lowest BCUT2D eigenvalue weighted by molar-refractivity contribution is -0.286. The van der Waals surface area contributed by atoms with E-state index in [-0.39, 0.29) is 13.1 Å². The second kappa shape index (κ2) is 4.67. The summed E-state index contributed by atoms with van der Waals surface area (Å²) in [6.45, 7) is -0.147. The van der Waals surface area contributed by atoms with Crippen molar-refractivity contribution >= 4 is 6.47 Å². The first kappa shape index (κ1) is 11.3. The molecule has 5 unspecified atom stereocenters. The van der Waals surface area contributed by atoms with Crippen molar-refractivity contribution in [2.24, 2.45) is 0 Å². The number of hydrogen-bond donors (Lipinski definition) is 4. The molecule has 14 heavy (non-hydrogen) atoms. The van der Waals surface area contributed by atoms with E-state index in [1.165, 1.54) is 0 Å². The summed E-state index contributed by atoms with van der Waals surface area (Å²) in [6.07, 6.45) is -7.16. The Kier molecular flexibility index (Phi) is 3.78. The van der Waals surface area contributed by atoms with Crippen molar-refractivity contribution < 1.29 is 34.7 Å². The minimum absolute atomic E-state index is 0.153. The summed E-state index contributed by atoms with van der Waals surface area (Å²) < 4.78 is 9.00. The normalized spacial score (nSPS) is 43.3. The van der Waals surface area contributed by atoms with Crippen LogP contribution in [0.5, 0.6) is 0 Å². The lowest BCUT2D eigenvalue weighted by Crippen LogP contribution is -2.58. The molecule has 1 fully saturated rings. The average Bonchev–Trinajstić information content (AvgIpc) is 2.18. The molecular weight excluding hydrogens is 196 g/mol. The van der Waals surface area contributed by atoms with E-state index >= 15 is 0 Å². The maximum atomic E-state index is 9.85. The highest BCUT2D eigenvalue weighted by Gasteiger charge is 2.43. The van der Waals surface area contributed by atoms with Crippen LogP contribution in [0.15, 0.2) is 0 Å². The maximum absolute atomic E-state index is 9.85. The van der Waals surface area contributed by atoms with Crippen LogP contribution in [-0.2, 0) is 14.3 Å². The van der Waals surface area contributed by atoms with Gasteiger partial charge in [0.1, 0.15) is 31.0 Å². The summed E-state index contributed by atoms with van der Waals surface area (Å²) >= 11 is 0. The Hall–Kier alpha value is -0.730. The Bertz CT molecular complexity index is 196. The summed E-state index contributed by atoms with van der Waals surface area (Å²) in [5, 5.41) is 36.6. The Balaban J connectivity index is 2.55.